The normalized spacial score (nSPS) is 12.4. The van der Waals surface area contributed by atoms with Gasteiger partial charge in [0.2, 0.25) is 11.8 Å². The summed E-state index contributed by atoms with van der Waals surface area (Å²) >= 11 is 0. The minimum atomic E-state index is -1.56. The first kappa shape index (κ1) is 28.3. The van der Waals surface area contributed by atoms with Crippen LogP contribution in [0.4, 0.5) is 16.2 Å². The molecule has 0 aliphatic heterocycles. The molecule has 2 aromatic rings. The molecule has 2 unspecified atom stereocenters. The van der Waals surface area contributed by atoms with Crippen molar-refractivity contribution in [3.8, 4) is 0 Å². The van der Waals surface area contributed by atoms with Crippen molar-refractivity contribution in [1.82, 2.24) is 10.6 Å². The van der Waals surface area contributed by atoms with Crippen LogP contribution in [-0.2, 0) is 20.8 Å². The fourth-order valence-corrected chi connectivity index (χ4v) is 3.42. The Morgan fingerprint density at radius 3 is 2.22 bits per heavy atom. The third-order valence-corrected chi connectivity index (χ3v) is 5.33. The molecule has 6 N–H and O–H groups in total. The van der Waals surface area contributed by atoms with Crippen molar-refractivity contribution in [1.29, 1.82) is 0 Å². The lowest BCUT2D eigenvalue weighted by molar-refractivity contribution is -0.147. The van der Waals surface area contributed by atoms with Gasteiger partial charge in [-0.15, -0.1) is 0 Å². The van der Waals surface area contributed by atoms with E-state index >= 15 is 0 Å². The minimum absolute atomic E-state index is 0.0252. The average Bonchev–Trinajstić information content (AvgIpc) is 2.80. The number of aliphatic hydroxyl groups excluding tert-OH is 1. The van der Waals surface area contributed by atoms with Crippen LogP contribution in [0.1, 0.15) is 37.8 Å². The first-order chi connectivity index (χ1) is 17.0. The lowest BCUT2D eigenvalue weighted by Crippen LogP contribution is -2.48. The van der Waals surface area contributed by atoms with Crippen LogP contribution in [0.3, 0.4) is 0 Å². The summed E-state index contributed by atoms with van der Waals surface area (Å²) in [5, 5.41) is 28.9. The fraction of sp³-hybridized carbons (Fsp3) is 0.385. The number of para-hydroxylation sites is 1. The van der Waals surface area contributed by atoms with E-state index in [-0.39, 0.29) is 37.2 Å². The Balaban J connectivity index is 1.88. The number of aliphatic hydroxyl groups is 1. The van der Waals surface area contributed by atoms with Crippen molar-refractivity contribution < 1.29 is 29.4 Å². The molecular weight excluding hydrogens is 464 g/mol. The predicted molar refractivity (Wildman–Crippen MR) is 137 cm³/mol. The molecule has 0 saturated heterocycles. The topological polar surface area (TPSA) is 157 Å². The quantitative estimate of drug-likeness (QED) is 0.264. The molecule has 2 aromatic carbocycles. The second-order valence-electron chi connectivity index (χ2n) is 8.95. The van der Waals surface area contributed by atoms with E-state index in [2.05, 4.69) is 21.3 Å². The van der Waals surface area contributed by atoms with Gasteiger partial charge in [-0.05, 0) is 48.6 Å². The van der Waals surface area contributed by atoms with Crippen LogP contribution in [-0.4, -0.2) is 52.7 Å². The van der Waals surface area contributed by atoms with Gasteiger partial charge >= 0.3 is 12.0 Å². The Morgan fingerprint density at radius 1 is 0.944 bits per heavy atom. The van der Waals surface area contributed by atoms with Crippen LogP contribution in [0.2, 0.25) is 0 Å². The number of amides is 4. The maximum absolute atomic E-state index is 12.6. The molecule has 0 aliphatic carbocycles. The molecule has 0 aromatic heterocycles. The summed E-state index contributed by atoms with van der Waals surface area (Å²) in [5.41, 5.74) is 2.91. The number of urea groups is 1. The molecule has 0 heterocycles. The largest absolute Gasteiger partial charge is 0.479 e. The summed E-state index contributed by atoms with van der Waals surface area (Å²) < 4.78 is 0. The second kappa shape index (κ2) is 13.8. The van der Waals surface area contributed by atoms with Crippen molar-refractivity contribution >= 4 is 35.2 Å². The van der Waals surface area contributed by atoms with Gasteiger partial charge in [-0.3, -0.25) is 9.59 Å². The summed E-state index contributed by atoms with van der Waals surface area (Å²) in [6, 6.07) is 13.1. The minimum Gasteiger partial charge on any atom is -0.479 e. The number of anilines is 2. The Morgan fingerprint density at radius 2 is 1.61 bits per heavy atom. The number of aliphatic carboxylic acids is 1. The molecule has 0 bridgehead atoms. The van der Waals surface area contributed by atoms with Crippen LogP contribution in [0.5, 0.6) is 0 Å². The van der Waals surface area contributed by atoms with E-state index in [0.717, 1.165) is 5.56 Å². The molecule has 194 valence electrons. The van der Waals surface area contributed by atoms with Crippen molar-refractivity contribution in [2.24, 2.45) is 5.92 Å². The maximum atomic E-state index is 12.6. The summed E-state index contributed by atoms with van der Waals surface area (Å²) in [6.45, 7) is 5.71. The van der Waals surface area contributed by atoms with E-state index in [0.29, 0.717) is 23.4 Å². The van der Waals surface area contributed by atoms with Gasteiger partial charge in [0.05, 0.1) is 6.42 Å². The third kappa shape index (κ3) is 9.75. The van der Waals surface area contributed by atoms with Gasteiger partial charge in [0, 0.05) is 24.3 Å². The summed E-state index contributed by atoms with van der Waals surface area (Å²) in [5.74, 6) is -2.01. The highest BCUT2D eigenvalue weighted by atomic mass is 16.4. The van der Waals surface area contributed by atoms with E-state index < -0.39 is 24.0 Å². The molecular formula is C26H34N4O6. The number of aryl methyl sites for hydroxylation is 1. The molecule has 0 spiro atoms. The highest BCUT2D eigenvalue weighted by molar-refractivity contribution is 6.00. The van der Waals surface area contributed by atoms with Gasteiger partial charge in [-0.1, -0.05) is 44.2 Å². The molecule has 10 heteroatoms. The van der Waals surface area contributed by atoms with Crippen molar-refractivity contribution in [2.75, 3.05) is 17.2 Å². The number of hydrogen-bond acceptors (Lipinski definition) is 5. The van der Waals surface area contributed by atoms with Crippen LogP contribution in [0, 0.1) is 12.8 Å². The van der Waals surface area contributed by atoms with E-state index in [1.165, 1.54) is 0 Å². The number of hydrogen-bond donors (Lipinski definition) is 6. The Hall–Kier alpha value is -3.92. The molecule has 36 heavy (non-hydrogen) atoms. The van der Waals surface area contributed by atoms with Gasteiger partial charge in [-0.25, -0.2) is 9.59 Å². The lowest BCUT2D eigenvalue weighted by Gasteiger charge is -2.20. The Kier molecular flexibility index (Phi) is 10.9. The van der Waals surface area contributed by atoms with Gasteiger partial charge in [0.1, 0.15) is 6.04 Å². The van der Waals surface area contributed by atoms with E-state index in [1.54, 1.807) is 24.3 Å². The number of carboxylic acids is 1. The monoisotopic (exact) mass is 498 g/mol. The molecule has 2 rings (SSSR count). The van der Waals surface area contributed by atoms with E-state index in [4.69, 9.17) is 5.11 Å². The standard InChI is InChI=1S/C26H34N4O6/c1-16(2)14-21(24(33)27-13-12-22(31)25(34)35)29-23(32)15-18-8-10-19(11-9-18)28-26(36)30-20-7-5-4-6-17(20)3/h4-11,16,21-22,31H,12-15H2,1-3H3,(H,27,33)(H,29,32)(H,34,35)(H2,28,30,36). The zero-order valence-corrected chi connectivity index (χ0v) is 20.7. The number of carboxylic acid groups (broad SMARTS) is 1. The number of nitrogens with one attached hydrogen (secondary N) is 4. The highest BCUT2D eigenvalue weighted by Crippen LogP contribution is 2.15. The third-order valence-electron chi connectivity index (χ3n) is 5.33. The number of rotatable bonds is 12. The number of carbonyl (C=O) groups is 4. The zero-order chi connectivity index (χ0) is 26.7. The molecule has 0 radical (unpaired) electrons. The molecule has 10 nitrogen and oxygen atoms in total. The summed E-state index contributed by atoms with van der Waals surface area (Å²) in [7, 11) is 0. The van der Waals surface area contributed by atoms with Crippen LogP contribution in [0.25, 0.3) is 0 Å². The van der Waals surface area contributed by atoms with Crippen molar-refractivity contribution in [3.63, 3.8) is 0 Å². The molecule has 2 atom stereocenters. The Labute approximate surface area is 210 Å². The highest BCUT2D eigenvalue weighted by Gasteiger charge is 2.22. The molecule has 4 amide bonds. The average molecular weight is 499 g/mol. The molecule has 0 saturated carbocycles. The molecule has 0 aliphatic rings. The summed E-state index contributed by atoms with van der Waals surface area (Å²) in [4.78, 5) is 48.0. The summed E-state index contributed by atoms with van der Waals surface area (Å²) in [6.07, 6.45) is -1.26. The van der Waals surface area contributed by atoms with Gasteiger partial charge in [0.25, 0.3) is 0 Å². The van der Waals surface area contributed by atoms with Crippen LogP contribution < -0.4 is 21.3 Å². The molecule has 0 fully saturated rings. The maximum Gasteiger partial charge on any atom is 0.332 e. The SMILES string of the molecule is Cc1ccccc1NC(=O)Nc1ccc(CC(=O)NC(CC(C)C)C(=O)NCCC(O)C(=O)O)cc1. The predicted octanol–water partition coefficient (Wildman–Crippen LogP) is 2.66. The van der Waals surface area contributed by atoms with Crippen molar-refractivity contribution in [2.45, 2.75) is 52.2 Å². The first-order valence-electron chi connectivity index (χ1n) is 11.8. The zero-order valence-electron chi connectivity index (χ0n) is 20.7. The second-order valence-corrected chi connectivity index (χ2v) is 8.95. The lowest BCUT2D eigenvalue weighted by atomic mass is 10.0. The smallest absolute Gasteiger partial charge is 0.332 e. The van der Waals surface area contributed by atoms with E-state index in [9.17, 15) is 24.3 Å². The van der Waals surface area contributed by atoms with Gasteiger partial charge in [0.15, 0.2) is 6.10 Å². The number of benzene rings is 2. The van der Waals surface area contributed by atoms with E-state index in [1.807, 2.05) is 45.0 Å². The Bertz CT molecular complexity index is 1050. The van der Waals surface area contributed by atoms with Crippen LogP contribution >= 0.6 is 0 Å². The first-order valence-corrected chi connectivity index (χ1v) is 11.8. The fourth-order valence-electron chi connectivity index (χ4n) is 3.42. The van der Waals surface area contributed by atoms with Gasteiger partial charge < -0.3 is 31.5 Å². The number of carbonyl (C=O) groups excluding carboxylic acids is 3. The van der Waals surface area contributed by atoms with Crippen molar-refractivity contribution in [3.05, 3.63) is 59.7 Å². The van der Waals surface area contributed by atoms with Crippen LogP contribution in [0.15, 0.2) is 48.5 Å². The van der Waals surface area contributed by atoms with Gasteiger partial charge in [-0.2, -0.15) is 0 Å².